The lowest BCUT2D eigenvalue weighted by molar-refractivity contribution is -0.129. The first-order valence-electron chi connectivity index (χ1n) is 12.0. The summed E-state index contributed by atoms with van der Waals surface area (Å²) in [6.07, 6.45) is -5.64. The van der Waals surface area contributed by atoms with Gasteiger partial charge in [0, 0.05) is 10.9 Å². The summed E-state index contributed by atoms with van der Waals surface area (Å²) in [7, 11) is -4.50. The highest BCUT2D eigenvalue weighted by molar-refractivity contribution is 7.92. The first-order chi connectivity index (χ1) is 18.1. The maximum atomic E-state index is 13.9. The molecule has 0 bridgehead atoms. The lowest BCUT2D eigenvalue weighted by Gasteiger charge is -2.22. The Hall–Kier alpha value is -3.92. The van der Waals surface area contributed by atoms with Gasteiger partial charge in [0.1, 0.15) is 0 Å². The third-order valence-corrected chi connectivity index (χ3v) is 7.25. The fraction of sp³-hybridized carbons (Fsp3) is 0.214. The van der Waals surface area contributed by atoms with Crippen molar-refractivity contribution < 1.29 is 26.4 Å². The molecule has 0 saturated carbocycles. The van der Waals surface area contributed by atoms with Crippen molar-refractivity contribution in [2.75, 3.05) is 10.5 Å². The van der Waals surface area contributed by atoms with E-state index < -0.39 is 34.3 Å². The second kappa shape index (κ2) is 11.2. The van der Waals surface area contributed by atoms with Gasteiger partial charge in [0.2, 0.25) is 10.0 Å². The van der Waals surface area contributed by atoms with Crippen LogP contribution in [0, 0.1) is 0 Å². The number of hydrogen-bond acceptors (Lipinski definition) is 4. The Morgan fingerprint density at radius 3 is 2.16 bits per heavy atom. The molecule has 4 rings (SSSR count). The molecule has 1 amide bonds. The highest BCUT2D eigenvalue weighted by Gasteiger charge is 2.32. The number of sulfonamides is 1. The third-order valence-electron chi connectivity index (χ3n) is 5.99. The van der Waals surface area contributed by atoms with Crippen molar-refractivity contribution in [3.8, 4) is 11.3 Å². The number of pyridine rings is 1. The second-order valence-electron chi connectivity index (χ2n) is 8.72. The second-order valence-corrected chi connectivity index (χ2v) is 10.6. The molecule has 4 aromatic rings. The number of amides is 1. The van der Waals surface area contributed by atoms with E-state index in [4.69, 9.17) is 0 Å². The van der Waals surface area contributed by atoms with Crippen LogP contribution >= 0.6 is 0 Å². The standard InChI is InChI=1S/C28H26F3N3O3S/c1-2-22(19-11-5-3-6-12-19)33-27(35)24-21-15-9-10-16-23(21)32-25(20-13-7-4-8-14-20)26(24)34-38(36,37)18-17-28(29,30)31/h3-16,22,34H,2,17-18H2,1H3,(H,33,35)/t22-/m0/s1. The molecule has 2 N–H and O–H groups in total. The quantitative estimate of drug-likeness (QED) is 0.254. The molecule has 0 radical (unpaired) electrons. The van der Waals surface area contributed by atoms with Gasteiger partial charge in [0.05, 0.1) is 40.7 Å². The van der Waals surface area contributed by atoms with Gasteiger partial charge in [-0.3, -0.25) is 9.52 Å². The Kier molecular flexibility index (Phi) is 8.01. The number of nitrogens with zero attached hydrogens (tertiary/aromatic N) is 1. The van der Waals surface area contributed by atoms with Crippen molar-refractivity contribution in [3.63, 3.8) is 0 Å². The predicted molar refractivity (Wildman–Crippen MR) is 142 cm³/mol. The van der Waals surface area contributed by atoms with E-state index in [1.54, 1.807) is 54.6 Å². The van der Waals surface area contributed by atoms with Crippen LogP contribution in [0.5, 0.6) is 0 Å². The molecule has 0 spiro atoms. The summed E-state index contributed by atoms with van der Waals surface area (Å²) in [5.74, 6) is -1.77. The minimum atomic E-state index is -4.66. The molecule has 0 aliphatic carbocycles. The maximum absolute atomic E-state index is 13.9. The van der Waals surface area contributed by atoms with E-state index in [1.165, 1.54) is 0 Å². The lowest BCUT2D eigenvalue weighted by Crippen LogP contribution is -2.30. The number of alkyl halides is 3. The summed E-state index contributed by atoms with van der Waals surface area (Å²) < 4.78 is 66.6. The van der Waals surface area contributed by atoms with E-state index in [-0.39, 0.29) is 23.0 Å². The van der Waals surface area contributed by atoms with E-state index in [9.17, 15) is 26.4 Å². The Morgan fingerprint density at radius 1 is 0.921 bits per heavy atom. The largest absolute Gasteiger partial charge is 0.390 e. The lowest BCUT2D eigenvalue weighted by atomic mass is 9.99. The van der Waals surface area contributed by atoms with E-state index in [0.29, 0.717) is 22.9 Å². The smallest absolute Gasteiger partial charge is 0.345 e. The van der Waals surface area contributed by atoms with Crippen LogP contribution in [0.25, 0.3) is 22.2 Å². The number of hydrogen-bond donors (Lipinski definition) is 2. The number of fused-ring (bicyclic) bond motifs is 1. The maximum Gasteiger partial charge on any atom is 0.390 e. The van der Waals surface area contributed by atoms with Crippen molar-refractivity contribution >= 4 is 32.5 Å². The minimum absolute atomic E-state index is 0.0144. The van der Waals surface area contributed by atoms with Gasteiger partial charge in [-0.2, -0.15) is 13.2 Å². The van der Waals surface area contributed by atoms with Crippen LogP contribution in [0.4, 0.5) is 18.9 Å². The predicted octanol–water partition coefficient (Wildman–Crippen LogP) is 6.48. The molecule has 1 atom stereocenters. The zero-order chi connectivity index (χ0) is 27.3. The summed E-state index contributed by atoms with van der Waals surface area (Å²) in [6, 6.07) is 24.2. The zero-order valence-electron chi connectivity index (χ0n) is 20.5. The first-order valence-corrected chi connectivity index (χ1v) is 13.6. The van der Waals surface area contributed by atoms with Crippen molar-refractivity contribution in [3.05, 3.63) is 96.1 Å². The average molecular weight is 542 g/mol. The fourth-order valence-corrected chi connectivity index (χ4v) is 5.26. The number of carbonyl (C=O) groups excluding carboxylic acids is 1. The average Bonchev–Trinajstić information content (AvgIpc) is 2.90. The molecule has 1 aromatic heterocycles. The number of carbonyl (C=O) groups is 1. The Morgan fingerprint density at radius 2 is 1.53 bits per heavy atom. The fourth-order valence-electron chi connectivity index (χ4n) is 4.15. The Bertz CT molecular complexity index is 1530. The molecule has 1 heterocycles. The van der Waals surface area contributed by atoms with Crippen molar-refractivity contribution in [1.82, 2.24) is 10.3 Å². The molecule has 0 saturated heterocycles. The van der Waals surface area contributed by atoms with Crippen LogP contribution < -0.4 is 10.0 Å². The number of aromatic nitrogens is 1. The topological polar surface area (TPSA) is 88.2 Å². The molecule has 0 aliphatic heterocycles. The van der Waals surface area contributed by atoms with Crippen molar-refractivity contribution in [2.24, 2.45) is 0 Å². The number of rotatable bonds is 9. The SMILES string of the molecule is CC[C@H](NC(=O)c1c(NS(=O)(=O)CCC(F)(F)F)c(-c2ccccc2)nc2ccccc12)c1ccccc1. The number of nitrogens with one attached hydrogen (secondary N) is 2. The van der Waals surface area contributed by atoms with E-state index in [0.717, 1.165) is 5.56 Å². The van der Waals surface area contributed by atoms with E-state index in [2.05, 4.69) is 15.0 Å². The number of benzene rings is 3. The van der Waals surface area contributed by atoms with Crippen LogP contribution in [-0.4, -0.2) is 31.2 Å². The number of anilines is 1. The molecule has 0 fully saturated rings. The van der Waals surface area contributed by atoms with E-state index >= 15 is 0 Å². The molecule has 6 nitrogen and oxygen atoms in total. The van der Waals surface area contributed by atoms with Gasteiger partial charge < -0.3 is 5.32 Å². The van der Waals surface area contributed by atoms with Gasteiger partial charge in [-0.15, -0.1) is 0 Å². The summed E-state index contributed by atoms with van der Waals surface area (Å²) in [4.78, 5) is 18.5. The van der Waals surface area contributed by atoms with Crippen LogP contribution in [0.3, 0.4) is 0 Å². The highest BCUT2D eigenvalue weighted by Crippen LogP contribution is 2.36. The number of para-hydroxylation sites is 1. The molecule has 198 valence electrons. The molecule has 0 unspecified atom stereocenters. The molecular formula is C28H26F3N3O3S. The molecule has 10 heteroatoms. The first kappa shape index (κ1) is 27.1. The van der Waals surface area contributed by atoms with E-state index in [1.807, 2.05) is 37.3 Å². The molecule has 38 heavy (non-hydrogen) atoms. The van der Waals surface area contributed by atoms with Crippen LogP contribution in [0.15, 0.2) is 84.9 Å². The van der Waals surface area contributed by atoms with Crippen molar-refractivity contribution in [1.29, 1.82) is 0 Å². The Labute approximate surface area is 219 Å². The van der Waals surface area contributed by atoms with Crippen molar-refractivity contribution in [2.45, 2.75) is 32.0 Å². The molecule has 0 aliphatic rings. The van der Waals surface area contributed by atoms with Gasteiger partial charge in [-0.1, -0.05) is 85.8 Å². The minimum Gasteiger partial charge on any atom is -0.345 e. The van der Waals surface area contributed by atoms with Gasteiger partial charge in [0.15, 0.2) is 0 Å². The molecule has 3 aromatic carbocycles. The summed E-state index contributed by atoms with van der Waals surface area (Å²) >= 11 is 0. The third kappa shape index (κ3) is 6.49. The van der Waals surface area contributed by atoms with Crippen LogP contribution in [-0.2, 0) is 10.0 Å². The summed E-state index contributed by atoms with van der Waals surface area (Å²) in [6.45, 7) is 1.90. The van der Waals surface area contributed by atoms with Gasteiger partial charge in [0.25, 0.3) is 5.91 Å². The highest BCUT2D eigenvalue weighted by atomic mass is 32.2. The van der Waals surface area contributed by atoms with Crippen LogP contribution in [0.1, 0.15) is 41.7 Å². The van der Waals surface area contributed by atoms with Gasteiger partial charge >= 0.3 is 6.18 Å². The van der Waals surface area contributed by atoms with Gasteiger partial charge in [-0.05, 0) is 18.1 Å². The van der Waals surface area contributed by atoms with Crippen LogP contribution in [0.2, 0.25) is 0 Å². The molecular weight excluding hydrogens is 515 g/mol. The monoisotopic (exact) mass is 541 g/mol. The zero-order valence-corrected chi connectivity index (χ0v) is 21.3. The Balaban J connectivity index is 1.89. The number of halogens is 3. The summed E-state index contributed by atoms with van der Waals surface area (Å²) in [5.41, 5.74) is 1.74. The summed E-state index contributed by atoms with van der Waals surface area (Å²) in [5, 5.41) is 3.33. The van der Waals surface area contributed by atoms with Gasteiger partial charge in [-0.25, -0.2) is 13.4 Å². The normalized spacial score (nSPS) is 12.7.